The van der Waals surface area contributed by atoms with Gasteiger partial charge in [-0.2, -0.15) is 0 Å². The molecule has 0 aliphatic heterocycles. The highest BCUT2D eigenvalue weighted by atomic mass is 79.9. The summed E-state index contributed by atoms with van der Waals surface area (Å²) in [5.74, 6) is -0.223. The van der Waals surface area contributed by atoms with Gasteiger partial charge in [-0.1, -0.05) is 15.9 Å². The molecular formula is C7H6BrFS. The summed E-state index contributed by atoms with van der Waals surface area (Å²) in [6, 6.07) is 3.16. The summed E-state index contributed by atoms with van der Waals surface area (Å²) >= 11 is 7.21. The lowest BCUT2D eigenvalue weighted by molar-refractivity contribution is 0.613. The van der Waals surface area contributed by atoms with E-state index in [2.05, 4.69) is 28.6 Å². The van der Waals surface area contributed by atoms with Crippen molar-refractivity contribution < 1.29 is 4.39 Å². The van der Waals surface area contributed by atoms with Crippen LogP contribution in [0.1, 0.15) is 5.56 Å². The normalized spacial score (nSPS) is 10.0. The van der Waals surface area contributed by atoms with Crippen LogP contribution >= 0.6 is 28.6 Å². The van der Waals surface area contributed by atoms with Gasteiger partial charge in [0.25, 0.3) is 0 Å². The molecular weight excluding hydrogens is 215 g/mol. The van der Waals surface area contributed by atoms with Crippen LogP contribution in [0.5, 0.6) is 0 Å². The molecule has 0 spiro atoms. The van der Waals surface area contributed by atoms with E-state index in [0.717, 1.165) is 4.47 Å². The van der Waals surface area contributed by atoms with E-state index in [0.29, 0.717) is 10.5 Å². The van der Waals surface area contributed by atoms with Crippen molar-refractivity contribution in [3.63, 3.8) is 0 Å². The van der Waals surface area contributed by atoms with Gasteiger partial charge >= 0.3 is 0 Å². The largest absolute Gasteiger partial charge is 0.207 e. The van der Waals surface area contributed by atoms with Crippen molar-refractivity contribution in [2.75, 3.05) is 0 Å². The maximum Gasteiger partial charge on any atom is 0.128 e. The van der Waals surface area contributed by atoms with Gasteiger partial charge in [-0.15, -0.1) is 12.6 Å². The molecule has 0 heterocycles. The molecule has 1 aromatic carbocycles. The van der Waals surface area contributed by atoms with Crippen molar-refractivity contribution in [2.45, 2.75) is 11.8 Å². The molecule has 0 unspecified atom stereocenters. The standard InChI is InChI=1S/C7H6BrFS/c1-4-6(8)2-5(10)3-7(4)9/h2-3,10H,1H3. The first kappa shape index (κ1) is 8.08. The van der Waals surface area contributed by atoms with E-state index in [1.165, 1.54) is 6.07 Å². The number of benzene rings is 1. The highest BCUT2D eigenvalue weighted by molar-refractivity contribution is 9.10. The Morgan fingerprint density at radius 3 is 2.60 bits per heavy atom. The van der Waals surface area contributed by atoms with Gasteiger partial charge in [-0.3, -0.25) is 0 Å². The van der Waals surface area contributed by atoms with Gasteiger partial charge in [0.2, 0.25) is 0 Å². The van der Waals surface area contributed by atoms with Gasteiger partial charge in [0.05, 0.1) is 0 Å². The Kier molecular flexibility index (Phi) is 2.36. The molecule has 0 fully saturated rings. The van der Waals surface area contributed by atoms with Crippen molar-refractivity contribution in [2.24, 2.45) is 0 Å². The number of hydrogen-bond donors (Lipinski definition) is 1. The molecule has 0 N–H and O–H groups in total. The Bertz CT molecular complexity index is 237. The van der Waals surface area contributed by atoms with Gasteiger partial charge in [0.1, 0.15) is 5.82 Å². The summed E-state index contributed by atoms with van der Waals surface area (Å²) < 4.78 is 13.5. The fourth-order valence-electron chi connectivity index (χ4n) is 0.632. The van der Waals surface area contributed by atoms with E-state index in [-0.39, 0.29) is 5.82 Å². The van der Waals surface area contributed by atoms with Crippen LogP contribution in [0, 0.1) is 12.7 Å². The molecule has 10 heavy (non-hydrogen) atoms. The molecule has 0 nitrogen and oxygen atoms in total. The Hall–Kier alpha value is -0.0200. The molecule has 0 amide bonds. The highest BCUT2D eigenvalue weighted by Gasteiger charge is 2.01. The quantitative estimate of drug-likeness (QED) is 0.639. The summed E-state index contributed by atoms with van der Waals surface area (Å²) in [4.78, 5) is 0.634. The summed E-state index contributed by atoms with van der Waals surface area (Å²) in [5, 5.41) is 0. The number of rotatable bonds is 0. The molecule has 54 valence electrons. The van der Waals surface area contributed by atoms with Crippen LogP contribution in [-0.4, -0.2) is 0 Å². The van der Waals surface area contributed by atoms with Crippen molar-refractivity contribution >= 4 is 28.6 Å². The second-order valence-corrected chi connectivity index (χ2v) is 3.41. The molecule has 0 aromatic heterocycles. The molecule has 0 saturated heterocycles. The minimum Gasteiger partial charge on any atom is -0.207 e. The molecule has 0 aliphatic carbocycles. The summed E-state index contributed by atoms with van der Waals surface area (Å²) in [6.45, 7) is 1.71. The molecule has 0 aliphatic rings. The number of thiol groups is 1. The van der Waals surface area contributed by atoms with Crippen molar-refractivity contribution in [3.8, 4) is 0 Å². The zero-order valence-corrected chi connectivity index (χ0v) is 7.84. The SMILES string of the molecule is Cc1c(F)cc(S)cc1Br. The maximum atomic E-state index is 12.8. The van der Waals surface area contributed by atoms with Crippen LogP contribution in [0.25, 0.3) is 0 Å². The van der Waals surface area contributed by atoms with E-state index < -0.39 is 0 Å². The van der Waals surface area contributed by atoms with Gasteiger partial charge in [-0.25, -0.2) is 4.39 Å². The van der Waals surface area contributed by atoms with Crippen LogP contribution in [0.4, 0.5) is 4.39 Å². The molecule has 1 rings (SSSR count). The fraction of sp³-hybridized carbons (Fsp3) is 0.143. The Morgan fingerprint density at radius 1 is 1.50 bits per heavy atom. The third kappa shape index (κ3) is 1.52. The van der Waals surface area contributed by atoms with Gasteiger partial charge in [0.15, 0.2) is 0 Å². The fourth-order valence-corrected chi connectivity index (χ4v) is 1.49. The monoisotopic (exact) mass is 220 g/mol. The minimum atomic E-state index is -0.223. The lowest BCUT2D eigenvalue weighted by atomic mass is 10.2. The summed E-state index contributed by atoms with van der Waals surface area (Å²) in [5.41, 5.74) is 0.623. The lowest BCUT2D eigenvalue weighted by Crippen LogP contribution is -1.83. The van der Waals surface area contributed by atoms with Gasteiger partial charge in [-0.05, 0) is 24.6 Å². The van der Waals surface area contributed by atoms with Crippen LogP contribution in [0.15, 0.2) is 21.5 Å². The molecule has 0 atom stereocenters. The Morgan fingerprint density at radius 2 is 2.10 bits per heavy atom. The number of hydrogen-bond acceptors (Lipinski definition) is 1. The molecule has 3 heteroatoms. The van der Waals surface area contributed by atoms with Crippen molar-refractivity contribution in [1.29, 1.82) is 0 Å². The van der Waals surface area contributed by atoms with E-state index >= 15 is 0 Å². The Balaban J connectivity index is 3.31. The van der Waals surface area contributed by atoms with E-state index in [4.69, 9.17) is 0 Å². The average molecular weight is 221 g/mol. The first-order valence-corrected chi connectivity index (χ1v) is 4.00. The second kappa shape index (κ2) is 2.93. The van der Waals surface area contributed by atoms with E-state index in [1.54, 1.807) is 13.0 Å². The first-order valence-electron chi connectivity index (χ1n) is 2.76. The van der Waals surface area contributed by atoms with Crippen LogP contribution in [-0.2, 0) is 0 Å². The zero-order chi connectivity index (χ0) is 7.72. The summed E-state index contributed by atoms with van der Waals surface area (Å²) in [6.07, 6.45) is 0. The first-order chi connectivity index (χ1) is 4.61. The highest BCUT2D eigenvalue weighted by Crippen LogP contribution is 2.22. The third-order valence-corrected chi connectivity index (χ3v) is 2.35. The lowest BCUT2D eigenvalue weighted by Gasteiger charge is -1.99. The van der Waals surface area contributed by atoms with Crippen LogP contribution < -0.4 is 0 Å². The van der Waals surface area contributed by atoms with Crippen LogP contribution in [0.3, 0.4) is 0 Å². The van der Waals surface area contributed by atoms with Gasteiger partial charge < -0.3 is 0 Å². The smallest absolute Gasteiger partial charge is 0.128 e. The third-order valence-electron chi connectivity index (χ3n) is 1.27. The second-order valence-electron chi connectivity index (χ2n) is 2.03. The predicted octanol–water partition coefficient (Wildman–Crippen LogP) is 3.19. The molecule has 1 aromatic rings. The Labute approximate surface area is 73.0 Å². The predicted molar refractivity (Wildman–Crippen MR) is 46.1 cm³/mol. The van der Waals surface area contributed by atoms with Crippen molar-refractivity contribution in [3.05, 3.63) is 28.0 Å². The zero-order valence-electron chi connectivity index (χ0n) is 5.36. The van der Waals surface area contributed by atoms with E-state index in [1.807, 2.05) is 0 Å². The van der Waals surface area contributed by atoms with Crippen LogP contribution in [0.2, 0.25) is 0 Å². The maximum absolute atomic E-state index is 12.8. The van der Waals surface area contributed by atoms with E-state index in [9.17, 15) is 4.39 Å². The number of halogens is 2. The van der Waals surface area contributed by atoms with Crippen molar-refractivity contribution in [1.82, 2.24) is 0 Å². The average Bonchev–Trinajstić information content (AvgIpc) is 1.82. The molecule has 0 radical (unpaired) electrons. The summed E-state index contributed by atoms with van der Waals surface area (Å²) in [7, 11) is 0. The minimum absolute atomic E-state index is 0.223. The topological polar surface area (TPSA) is 0 Å². The van der Waals surface area contributed by atoms with Gasteiger partial charge in [0, 0.05) is 9.37 Å². The molecule has 0 saturated carbocycles. The molecule has 0 bridgehead atoms.